The van der Waals surface area contributed by atoms with Gasteiger partial charge in [0.15, 0.2) is 0 Å². The Morgan fingerprint density at radius 3 is 2.37 bits per heavy atom. The van der Waals surface area contributed by atoms with E-state index >= 15 is 0 Å². The molecule has 1 fully saturated rings. The molecule has 1 unspecified atom stereocenters. The number of carbonyl (C=O) groups is 2. The maximum atomic E-state index is 14.0. The van der Waals surface area contributed by atoms with Crippen LogP contribution in [0.25, 0.3) is 11.5 Å². The summed E-state index contributed by atoms with van der Waals surface area (Å²) < 4.78 is 47.4. The van der Waals surface area contributed by atoms with Crippen LogP contribution in [0.1, 0.15) is 16.8 Å². The molecule has 2 heterocycles. The summed E-state index contributed by atoms with van der Waals surface area (Å²) >= 11 is 0. The first kappa shape index (κ1) is 19.7. The number of urea groups is 1. The Kier molecular flexibility index (Phi) is 4.60. The predicted octanol–water partition coefficient (Wildman–Crippen LogP) is 4.16. The summed E-state index contributed by atoms with van der Waals surface area (Å²) in [5.74, 6) is -1.17. The normalized spacial score (nSPS) is 19.3. The first-order valence-corrected chi connectivity index (χ1v) is 9.00. The molecular weight excluding hydrogens is 399 g/mol. The van der Waals surface area contributed by atoms with E-state index in [4.69, 9.17) is 4.42 Å². The summed E-state index contributed by atoms with van der Waals surface area (Å²) in [5, 5.41) is 1.84. The number of alkyl halides is 3. The monoisotopic (exact) mass is 415 g/mol. The molecule has 0 bridgehead atoms. The Labute approximate surface area is 169 Å². The minimum absolute atomic E-state index is 0.153. The van der Waals surface area contributed by atoms with E-state index in [0.717, 1.165) is 17.7 Å². The third kappa shape index (κ3) is 3.12. The molecule has 4 rings (SSSR count). The summed E-state index contributed by atoms with van der Waals surface area (Å²) in [5.41, 5.74) is -1.65. The molecule has 6 nitrogen and oxygen atoms in total. The number of carbonyl (C=O) groups excluding carboxylic acids is 2. The van der Waals surface area contributed by atoms with E-state index in [-0.39, 0.29) is 17.1 Å². The van der Waals surface area contributed by atoms with E-state index in [1.54, 1.807) is 12.1 Å². The van der Waals surface area contributed by atoms with Gasteiger partial charge < -0.3 is 9.73 Å². The molecule has 3 aromatic rings. The molecule has 154 valence electrons. The number of hydrogen-bond acceptors (Lipinski definition) is 4. The van der Waals surface area contributed by atoms with Crippen LogP contribution in [0.2, 0.25) is 0 Å². The number of oxazole rings is 1. The van der Waals surface area contributed by atoms with Crippen LogP contribution in [0, 0.1) is 6.92 Å². The van der Waals surface area contributed by atoms with Crippen LogP contribution in [0.5, 0.6) is 0 Å². The fourth-order valence-electron chi connectivity index (χ4n) is 3.33. The maximum absolute atomic E-state index is 14.0. The van der Waals surface area contributed by atoms with Crippen molar-refractivity contribution in [3.8, 4) is 11.5 Å². The third-order valence-corrected chi connectivity index (χ3v) is 4.91. The lowest BCUT2D eigenvalue weighted by atomic mass is 9.89. The van der Waals surface area contributed by atoms with Gasteiger partial charge in [-0.1, -0.05) is 48.0 Å². The first-order valence-electron chi connectivity index (χ1n) is 9.00. The Balaban J connectivity index is 1.64. The molecule has 1 saturated heterocycles. The second-order valence-corrected chi connectivity index (χ2v) is 6.95. The summed E-state index contributed by atoms with van der Waals surface area (Å²) in [6.07, 6.45) is -3.82. The van der Waals surface area contributed by atoms with Crippen molar-refractivity contribution in [2.24, 2.45) is 0 Å². The van der Waals surface area contributed by atoms with Crippen molar-refractivity contribution >= 4 is 11.9 Å². The predicted molar refractivity (Wildman–Crippen MR) is 99.9 cm³/mol. The van der Waals surface area contributed by atoms with Crippen LogP contribution < -0.4 is 5.32 Å². The molecule has 9 heteroatoms. The number of imide groups is 1. The molecular formula is C21H16F3N3O3. The highest BCUT2D eigenvalue weighted by Gasteiger charge is 2.68. The Morgan fingerprint density at radius 1 is 1.07 bits per heavy atom. The number of hydrogen-bond donors (Lipinski definition) is 1. The smallest absolute Gasteiger partial charge is 0.425 e. The summed E-state index contributed by atoms with van der Waals surface area (Å²) in [6.45, 7) is 1.46. The summed E-state index contributed by atoms with van der Waals surface area (Å²) in [6, 6.07) is 12.7. The second-order valence-electron chi connectivity index (χ2n) is 6.95. The Hall–Kier alpha value is -3.62. The van der Waals surface area contributed by atoms with Crippen LogP contribution in [0.4, 0.5) is 18.0 Å². The number of nitrogens with zero attached hydrogens (tertiary/aromatic N) is 2. The molecule has 3 amide bonds. The number of amides is 3. The lowest BCUT2D eigenvalue weighted by Gasteiger charge is -2.29. The van der Waals surface area contributed by atoms with Crippen LogP contribution in [0.3, 0.4) is 0 Å². The van der Waals surface area contributed by atoms with E-state index in [9.17, 15) is 22.8 Å². The van der Waals surface area contributed by atoms with Crippen LogP contribution in [-0.2, 0) is 16.9 Å². The van der Waals surface area contributed by atoms with Gasteiger partial charge in [0.2, 0.25) is 11.4 Å². The average molecular weight is 415 g/mol. The van der Waals surface area contributed by atoms with Gasteiger partial charge in [0.1, 0.15) is 6.26 Å². The molecule has 1 N–H and O–H groups in total. The Morgan fingerprint density at radius 2 is 1.73 bits per heavy atom. The van der Waals surface area contributed by atoms with Gasteiger partial charge in [-0.2, -0.15) is 13.2 Å². The fraction of sp³-hybridized carbons (Fsp3) is 0.190. The van der Waals surface area contributed by atoms with Crippen LogP contribution in [-0.4, -0.2) is 28.0 Å². The standard InChI is InChI=1S/C21H16F3N3O3/c1-13-7-9-14(10-8-13)17-25-16(12-30-17)11-27-18(28)20(21(22,23)24,26-19(27)29)15-5-3-2-4-6-15/h2-10,12H,11H2,1H3,(H,26,29). The van der Waals surface area contributed by atoms with Crippen molar-refractivity contribution in [1.29, 1.82) is 0 Å². The van der Waals surface area contributed by atoms with Crippen molar-refractivity contribution in [3.05, 3.63) is 77.7 Å². The van der Waals surface area contributed by atoms with Gasteiger partial charge in [-0.25, -0.2) is 9.78 Å². The minimum Gasteiger partial charge on any atom is -0.444 e. The SMILES string of the molecule is Cc1ccc(-c2nc(CN3C(=O)NC(c4ccccc4)(C(F)(F)F)C3=O)co2)cc1. The number of rotatable bonds is 4. The topological polar surface area (TPSA) is 75.4 Å². The van der Waals surface area contributed by atoms with Gasteiger partial charge in [-0.05, 0) is 24.6 Å². The number of halogens is 3. The van der Waals surface area contributed by atoms with Crippen LogP contribution >= 0.6 is 0 Å². The highest BCUT2D eigenvalue weighted by Crippen LogP contribution is 2.43. The third-order valence-electron chi connectivity index (χ3n) is 4.91. The number of nitrogens with one attached hydrogen (secondary N) is 1. The molecule has 0 aliphatic carbocycles. The number of aromatic nitrogens is 1. The zero-order valence-electron chi connectivity index (χ0n) is 15.7. The van der Waals surface area contributed by atoms with Crippen molar-refractivity contribution in [2.45, 2.75) is 25.2 Å². The minimum atomic E-state index is -5.03. The molecule has 0 saturated carbocycles. The van der Waals surface area contributed by atoms with Gasteiger partial charge in [-0.15, -0.1) is 0 Å². The summed E-state index contributed by atoms with van der Waals surface area (Å²) in [4.78, 5) is 29.9. The summed E-state index contributed by atoms with van der Waals surface area (Å²) in [7, 11) is 0. The van der Waals surface area contributed by atoms with Crippen molar-refractivity contribution in [2.75, 3.05) is 0 Å². The maximum Gasteiger partial charge on any atom is 0.425 e. The molecule has 0 radical (unpaired) electrons. The number of benzene rings is 2. The zero-order chi connectivity index (χ0) is 21.5. The Bertz CT molecular complexity index is 1090. The first-order chi connectivity index (χ1) is 14.2. The quantitative estimate of drug-likeness (QED) is 0.650. The van der Waals surface area contributed by atoms with E-state index < -0.39 is 30.2 Å². The van der Waals surface area contributed by atoms with Crippen molar-refractivity contribution in [1.82, 2.24) is 15.2 Å². The van der Waals surface area contributed by atoms with Crippen LogP contribution in [0.15, 0.2) is 65.3 Å². The molecule has 1 aliphatic rings. The molecule has 0 spiro atoms. The van der Waals surface area contributed by atoms with Crippen molar-refractivity contribution < 1.29 is 27.2 Å². The van der Waals surface area contributed by atoms with E-state index in [0.29, 0.717) is 10.5 Å². The van der Waals surface area contributed by atoms with Gasteiger partial charge in [0, 0.05) is 5.56 Å². The van der Waals surface area contributed by atoms with Gasteiger partial charge in [0.05, 0.1) is 12.2 Å². The molecule has 30 heavy (non-hydrogen) atoms. The van der Waals surface area contributed by atoms with E-state index in [2.05, 4.69) is 4.98 Å². The van der Waals surface area contributed by atoms with Gasteiger partial charge >= 0.3 is 12.2 Å². The molecule has 2 aromatic carbocycles. The lowest BCUT2D eigenvalue weighted by Crippen LogP contribution is -2.55. The highest BCUT2D eigenvalue weighted by atomic mass is 19.4. The molecule has 1 aromatic heterocycles. The van der Waals surface area contributed by atoms with Crippen molar-refractivity contribution in [3.63, 3.8) is 0 Å². The number of aryl methyl sites for hydroxylation is 1. The van der Waals surface area contributed by atoms with E-state index in [1.807, 2.05) is 24.4 Å². The second kappa shape index (κ2) is 7.01. The molecule has 1 aliphatic heterocycles. The van der Waals surface area contributed by atoms with Gasteiger partial charge in [0.25, 0.3) is 5.91 Å². The average Bonchev–Trinajstić information content (AvgIpc) is 3.28. The largest absolute Gasteiger partial charge is 0.444 e. The highest BCUT2D eigenvalue weighted by molar-refractivity contribution is 6.08. The van der Waals surface area contributed by atoms with Gasteiger partial charge in [-0.3, -0.25) is 9.69 Å². The zero-order valence-corrected chi connectivity index (χ0v) is 15.7. The molecule has 1 atom stereocenters. The van der Waals surface area contributed by atoms with E-state index in [1.165, 1.54) is 24.5 Å². The fourth-order valence-corrected chi connectivity index (χ4v) is 3.33. The lowest BCUT2D eigenvalue weighted by molar-refractivity contribution is -0.198.